The van der Waals surface area contributed by atoms with Crippen molar-refractivity contribution in [2.45, 2.75) is 19.0 Å². The van der Waals surface area contributed by atoms with Crippen molar-refractivity contribution in [3.8, 4) is 0 Å². The lowest BCUT2D eigenvalue weighted by Gasteiger charge is -2.17. The number of likely N-dealkylation sites (tertiary alicyclic amines) is 1. The lowest BCUT2D eigenvalue weighted by atomic mass is 10.2. The Balaban J connectivity index is 1.78. The van der Waals surface area contributed by atoms with E-state index in [0.29, 0.717) is 6.54 Å². The van der Waals surface area contributed by atoms with Gasteiger partial charge in [0.1, 0.15) is 5.69 Å². The molecule has 4 nitrogen and oxygen atoms in total. The van der Waals surface area contributed by atoms with Crippen LogP contribution in [0.15, 0.2) is 48.7 Å². The molecule has 20 heavy (non-hydrogen) atoms. The Bertz CT molecular complexity index is 591. The molecule has 1 saturated heterocycles. The zero-order valence-electron chi connectivity index (χ0n) is 11.4. The molecule has 2 N–H and O–H groups in total. The predicted octanol–water partition coefficient (Wildman–Crippen LogP) is 1.71. The normalized spacial score (nSPS) is 18.4. The maximum Gasteiger partial charge on any atom is 0.270 e. The number of hydrogen-bond donors (Lipinski definition) is 1. The van der Waals surface area contributed by atoms with Gasteiger partial charge in [-0.3, -0.25) is 4.79 Å². The second-order valence-corrected chi connectivity index (χ2v) is 5.31. The van der Waals surface area contributed by atoms with E-state index in [0.717, 1.165) is 25.2 Å². The first-order chi connectivity index (χ1) is 9.74. The van der Waals surface area contributed by atoms with Crippen molar-refractivity contribution in [3.05, 3.63) is 59.9 Å². The van der Waals surface area contributed by atoms with Crippen LogP contribution < -0.4 is 5.73 Å². The number of rotatable bonds is 3. The smallest absolute Gasteiger partial charge is 0.270 e. The molecule has 2 heterocycles. The summed E-state index contributed by atoms with van der Waals surface area (Å²) in [5, 5.41) is 0. The fraction of sp³-hybridized carbons (Fsp3) is 0.312. The average molecular weight is 269 g/mol. The molecule has 0 bridgehead atoms. The van der Waals surface area contributed by atoms with Gasteiger partial charge in [0.15, 0.2) is 0 Å². The third-order valence-electron chi connectivity index (χ3n) is 3.76. The highest BCUT2D eigenvalue weighted by Gasteiger charge is 2.26. The lowest BCUT2D eigenvalue weighted by molar-refractivity contribution is 0.0780. The standard InChI is InChI=1S/C16H19N3O/c17-14-8-10-19(12-14)16(20)15-7-4-9-18(15)11-13-5-2-1-3-6-13/h1-7,9,14H,8,10-12,17H2/t14-/m0/s1. The van der Waals surface area contributed by atoms with Crippen LogP contribution >= 0.6 is 0 Å². The quantitative estimate of drug-likeness (QED) is 0.922. The van der Waals surface area contributed by atoms with Crippen molar-refractivity contribution in [1.29, 1.82) is 0 Å². The van der Waals surface area contributed by atoms with E-state index in [-0.39, 0.29) is 11.9 Å². The molecule has 2 aromatic rings. The highest BCUT2D eigenvalue weighted by atomic mass is 16.2. The number of carbonyl (C=O) groups excluding carboxylic acids is 1. The van der Waals surface area contributed by atoms with Crippen LogP contribution in [0.1, 0.15) is 22.5 Å². The number of aromatic nitrogens is 1. The summed E-state index contributed by atoms with van der Waals surface area (Å²) >= 11 is 0. The average Bonchev–Trinajstić information content (AvgIpc) is 3.08. The number of nitrogens with two attached hydrogens (primary N) is 1. The van der Waals surface area contributed by atoms with E-state index in [1.54, 1.807) is 0 Å². The minimum absolute atomic E-state index is 0.0823. The van der Waals surface area contributed by atoms with Crippen LogP contribution in [0, 0.1) is 0 Å². The third-order valence-corrected chi connectivity index (χ3v) is 3.76. The molecule has 1 atom stereocenters. The van der Waals surface area contributed by atoms with Crippen molar-refractivity contribution >= 4 is 5.91 Å². The van der Waals surface area contributed by atoms with Gasteiger partial charge in [-0.05, 0) is 24.1 Å². The third kappa shape index (κ3) is 2.60. The first-order valence-corrected chi connectivity index (χ1v) is 6.98. The Hall–Kier alpha value is -2.07. The van der Waals surface area contributed by atoms with E-state index >= 15 is 0 Å². The minimum Gasteiger partial charge on any atom is -0.339 e. The molecule has 1 fully saturated rings. The maximum absolute atomic E-state index is 12.5. The van der Waals surface area contributed by atoms with Gasteiger partial charge >= 0.3 is 0 Å². The van der Waals surface area contributed by atoms with Gasteiger partial charge in [0.25, 0.3) is 5.91 Å². The fourth-order valence-electron chi connectivity index (χ4n) is 2.66. The number of nitrogens with zero attached hydrogens (tertiary/aromatic N) is 2. The van der Waals surface area contributed by atoms with E-state index in [2.05, 4.69) is 12.1 Å². The zero-order valence-corrected chi connectivity index (χ0v) is 11.4. The van der Waals surface area contributed by atoms with Gasteiger partial charge in [-0.1, -0.05) is 30.3 Å². The van der Waals surface area contributed by atoms with Crippen molar-refractivity contribution in [1.82, 2.24) is 9.47 Å². The Morgan fingerprint density at radius 3 is 2.70 bits per heavy atom. The van der Waals surface area contributed by atoms with E-state index in [9.17, 15) is 4.79 Å². The number of hydrogen-bond acceptors (Lipinski definition) is 2. The van der Waals surface area contributed by atoms with E-state index in [1.165, 1.54) is 5.56 Å². The Morgan fingerprint density at radius 2 is 2.00 bits per heavy atom. The Kier molecular flexibility index (Phi) is 3.56. The van der Waals surface area contributed by atoms with Crippen LogP contribution in [0.3, 0.4) is 0 Å². The van der Waals surface area contributed by atoms with Crippen molar-refractivity contribution in [3.63, 3.8) is 0 Å². The SMILES string of the molecule is N[C@H]1CCN(C(=O)c2cccn2Cc2ccccc2)C1. The van der Waals surface area contributed by atoms with Crippen molar-refractivity contribution in [2.75, 3.05) is 13.1 Å². The topological polar surface area (TPSA) is 51.3 Å². The minimum atomic E-state index is 0.0823. The fourth-order valence-corrected chi connectivity index (χ4v) is 2.66. The molecular formula is C16H19N3O. The van der Waals surface area contributed by atoms with Gasteiger partial charge in [-0.15, -0.1) is 0 Å². The summed E-state index contributed by atoms with van der Waals surface area (Å²) in [7, 11) is 0. The molecule has 104 valence electrons. The van der Waals surface area contributed by atoms with Gasteiger partial charge in [0.2, 0.25) is 0 Å². The van der Waals surface area contributed by atoms with E-state index in [4.69, 9.17) is 5.73 Å². The monoisotopic (exact) mass is 269 g/mol. The molecule has 3 rings (SSSR count). The summed E-state index contributed by atoms with van der Waals surface area (Å²) in [6, 6.07) is 14.1. The second kappa shape index (κ2) is 5.51. The van der Waals surface area contributed by atoms with Gasteiger partial charge in [-0.2, -0.15) is 0 Å². The molecule has 1 aliphatic heterocycles. The van der Waals surface area contributed by atoms with Crippen LogP contribution in [-0.4, -0.2) is 34.5 Å². The molecule has 4 heteroatoms. The van der Waals surface area contributed by atoms with Gasteiger partial charge in [0.05, 0.1) is 0 Å². The molecule has 1 aromatic heterocycles. The number of carbonyl (C=O) groups is 1. The van der Waals surface area contributed by atoms with Crippen LogP contribution in [0.25, 0.3) is 0 Å². The molecule has 0 unspecified atom stereocenters. The Morgan fingerprint density at radius 1 is 1.20 bits per heavy atom. The summed E-state index contributed by atoms with van der Waals surface area (Å²) in [5.74, 6) is 0.0823. The highest BCUT2D eigenvalue weighted by molar-refractivity contribution is 5.93. The van der Waals surface area contributed by atoms with Gasteiger partial charge < -0.3 is 15.2 Å². The first-order valence-electron chi connectivity index (χ1n) is 6.98. The number of amides is 1. The molecule has 0 aliphatic carbocycles. The van der Waals surface area contributed by atoms with Crippen LogP contribution in [0.2, 0.25) is 0 Å². The second-order valence-electron chi connectivity index (χ2n) is 5.31. The highest BCUT2D eigenvalue weighted by Crippen LogP contribution is 2.14. The molecule has 0 radical (unpaired) electrons. The maximum atomic E-state index is 12.5. The molecule has 1 aromatic carbocycles. The van der Waals surface area contributed by atoms with E-state index in [1.807, 2.05) is 46.0 Å². The van der Waals surface area contributed by atoms with Crippen LogP contribution in [-0.2, 0) is 6.54 Å². The number of benzene rings is 1. The first kappa shape index (κ1) is 12.9. The summed E-state index contributed by atoms with van der Waals surface area (Å²) in [6.45, 7) is 2.14. The van der Waals surface area contributed by atoms with Crippen molar-refractivity contribution < 1.29 is 4.79 Å². The molecule has 0 saturated carbocycles. The van der Waals surface area contributed by atoms with Crippen LogP contribution in [0.4, 0.5) is 0 Å². The van der Waals surface area contributed by atoms with Crippen molar-refractivity contribution in [2.24, 2.45) is 5.73 Å². The summed E-state index contributed by atoms with van der Waals surface area (Å²) in [5.41, 5.74) is 7.81. The summed E-state index contributed by atoms with van der Waals surface area (Å²) in [6.07, 6.45) is 2.85. The van der Waals surface area contributed by atoms with Gasteiger partial charge in [-0.25, -0.2) is 0 Å². The molecule has 1 amide bonds. The molecule has 0 spiro atoms. The Labute approximate surface area is 118 Å². The van der Waals surface area contributed by atoms with E-state index < -0.39 is 0 Å². The largest absolute Gasteiger partial charge is 0.339 e. The summed E-state index contributed by atoms with van der Waals surface area (Å²) < 4.78 is 2.00. The van der Waals surface area contributed by atoms with Crippen LogP contribution in [0.5, 0.6) is 0 Å². The predicted molar refractivity (Wildman–Crippen MR) is 78.5 cm³/mol. The molecule has 1 aliphatic rings. The summed E-state index contributed by atoms with van der Waals surface area (Å²) in [4.78, 5) is 14.4. The lowest BCUT2D eigenvalue weighted by Crippen LogP contribution is -2.33. The van der Waals surface area contributed by atoms with Gasteiger partial charge in [0, 0.05) is 31.9 Å². The molecular weight excluding hydrogens is 250 g/mol. The zero-order chi connectivity index (χ0) is 13.9.